The van der Waals surface area contributed by atoms with Crippen LogP contribution in [0.2, 0.25) is 0 Å². The SMILES string of the molecule is CSc1ccc(C(C)NC(C)c2ccoc2)cc1. The predicted octanol–water partition coefficient (Wildman–Crippen LogP) is 4.41. The fraction of sp³-hybridized carbons (Fsp3) is 0.333. The molecule has 0 aliphatic heterocycles. The van der Waals surface area contributed by atoms with Crippen molar-refractivity contribution in [1.82, 2.24) is 5.32 Å². The molecule has 1 aromatic carbocycles. The van der Waals surface area contributed by atoms with Crippen LogP contribution >= 0.6 is 11.8 Å². The van der Waals surface area contributed by atoms with Crippen LogP contribution < -0.4 is 5.32 Å². The fourth-order valence-corrected chi connectivity index (χ4v) is 2.39. The van der Waals surface area contributed by atoms with E-state index in [0.717, 1.165) is 0 Å². The van der Waals surface area contributed by atoms with E-state index in [1.807, 2.05) is 6.07 Å². The van der Waals surface area contributed by atoms with Crippen LogP contribution in [0.1, 0.15) is 37.1 Å². The smallest absolute Gasteiger partial charge is 0.0950 e. The zero-order chi connectivity index (χ0) is 13.0. The van der Waals surface area contributed by atoms with Crippen molar-refractivity contribution < 1.29 is 4.42 Å². The van der Waals surface area contributed by atoms with Gasteiger partial charge in [0, 0.05) is 22.5 Å². The molecule has 0 bridgehead atoms. The molecule has 2 rings (SSSR count). The first-order valence-electron chi connectivity index (χ1n) is 6.13. The Morgan fingerprint density at radius 2 is 1.67 bits per heavy atom. The maximum atomic E-state index is 5.11. The summed E-state index contributed by atoms with van der Waals surface area (Å²) >= 11 is 1.77. The molecule has 18 heavy (non-hydrogen) atoms. The summed E-state index contributed by atoms with van der Waals surface area (Å²) in [4.78, 5) is 1.30. The van der Waals surface area contributed by atoms with Crippen LogP contribution in [0, 0.1) is 0 Å². The molecule has 1 N–H and O–H groups in total. The molecule has 3 heteroatoms. The minimum atomic E-state index is 0.291. The lowest BCUT2D eigenvalue weighted by molar-refractivity contribution is 0.486. The molecule has 1 heterocycles. The Morgan fingerprint density at radius 3 is 2.22 bits per heavy atom. The van der Waals surface area contributed by atoms with Gasteiger partial charge in [-0.3, -0.25) is 0 Å². The van der Waals surface area contributed by atoms with Crippen molar-refractivity contribution in [3.8, 4) is 0 Å². The summed E-state index contributed by atoms with van der Waals surface area (Å²) in [5.74, 6) is 0. The van der Waals surface area contributed by atoms with Crippen LogP contribution in [0.15, 0.2) is 52.2 Å². The maximum Gasteiger partial charge on any atom is 0.0950 e. The summed E-state index contributed by atoms with van der Waals surface area (Å²) < 4.78 is 5.11. The van der Waals surface area contributed by atoms with Gasteiger partial charge in [-0.05, 0) is 43.9 Å². The van der Waals surface area contributed by atoms with E-state index in [9.17, 15) is 0 Å². The zero-order valence-electron chi connectivity index (χ0n) is 11.0. The molecule has 2 atom stereocenters. The van der Waals surface area contributed by atoms with Crippen LogP contribution in [0.25, 0.3) is 0 Å². The first-order chi connectivity index (χ1) is 8.70. The quantitative estimate of drug-likeness (QED) is 0.807. The molecule has 0 saturated carbocycles. The van der Waals surface area contributed by atoms with E-state index in [0.29, 0.717) is 12.1 Å². The van der Waals surface area contributed by atoms with Gasteiger partial charge in [0.15, 0.2) is 0 Å². The lowest BCUT2D eigenvalue weighted by Gasteiger charge is -2.19. The number of nitrogens with one attached hydrogen (secondary N) is 1. The molecule has 0 saturated heterocycles. The highest BCUT2D eigenvalue weighted by Crippen LogP contribution is 2.22. The van der Waals surface area contributed by atoms with Crippen LogP contribution in [0.4, 0.5) is 0 Å². The molecule has 96 valence electrons. The fourth-order valence-electron chi connectivity index (χ4n) is 1.98. The van der Waals surface area contributed by atoms with Gasteiger partial charge in [-0.1, -0.05) is 12.1 Å². The third kappa shape index (κ3) is 3.18. The van der Waals surface area contributed by atoms with Crippen molar-refractivity contribution in [2.45, 2.75) is 30.8 Å². The Bertz CT molecular complexity index is 464. The summed E-state index contributed by atoms with van der Waals surface area (Å²) in [5.41, 5.74) is 2.49. The molecule has 0 spiro atoms. The third-order valence-corrected chi connectivity index (χ3v) is 3.90. The van der Waals surface area contributed by atoms with Gasteiger partial charge in [0.2, 0.25) is 0 Å². The average Bonchev–Trinajstić information content (AvgIpc) is 2.92. The van der Waals surface area contributed by atoms with Crippen molar-refractivity contribution in [2.24, 2.45) is 0 Å². The van der Waals surface area contributed by atoms with E-state index in [1.165, 1.54) is 16.0 Å². The van der Waals surface area contributed by atoms with Gasteiger partial charge < -0.3 is 9.73 Å². The maximum absolute atomic E-state index is 5.11. The van der Waals surface area contributed by atoms with Crippen LogP contribution in [0.5, 0.6) is 0 Å². The Hall–Kier alpha value is -1.19. The van der Waals surface area contributed by atoms with E-state index in [1.54, 1.807) is 24.3 Å². The van der Waals surface area contributed by atoms with Crippen LogP contribution in [0.3, 0.4) is 0 Å². The van der Waals surface area contributed by atoms with E-state index in [4.69, 9.17) is 4.42 Å². The Kier molecular flexibility index (Phi) is 4.50. The minimum Gasteiger partial charge on any atom is -0.472 e. The Morgan fingerprint density at radius 1 is 1.00 bits per heavy atom. The van der Waals surface area contributed by atoms with Crippen molar-refractivity contribution in [3.63, 3.8) is 0 Å². The van der Waals surface area contributed by atoms with Crippen molar-refractivity contribution >= 4 is 11.8 Å². The van der Waals surface area contributed by atoms with E-state index in [2.05, 4.69) is 49.7 Å². The van der Waals surface area contributed by atoms with Gasteiger partial charge in [0.25, 0.3) is 0 Å². The molecule has 0 fully saturated rings. The predicted molar refractivity (Wildman–Crippen MR) is 76.9 cm³/mol. The molecule has 0 aliphatic carbocycles. The lowest BCUT2D eigenvalue weighted by atomic mass is 10.1. The molecular formula is C15H19NOS. The highest BCUT2D eigenvalue weighted by atomic mass is 32.2. The standard InChI is InChI=1S/C15H19NOS/c1-11(13-4-6-15(18-3)7-5-13)16-12(2)14-8-9-17-10-14/h4-12,16H,1-3H3. The second-order valence-corrected chi connectivity index (χ2v) is 5.32. The number of rotatable bonds is 5. The van der Waals surface area contributed by atoms with E-state index >= 15 is 0 Å². The number of hydrogen-bond acceptors (Lipinski definition) is 3. The molecule has 0 aliphatic rings. The summed E-state index contributed by atoms with van der Waals surface area (Å²) in [6, 6.07) is 11.3. The first kappa shape index (κ1) is 13.2. The molecule has 2 nitrogen and oxygen atoms in total. The number of thioether (sulfide) groups is 1. The van der Waals surface area contributed by atoms with E-state index < -0.39 is 0 Å². The molecular weight excluding hydrogens is 242 g/mol. The highest BCUT2D eigenvalue weighted by molar-refractivity contribution is 7.98. The monoisotopic (exact) mass is 261 g/mol. The zero-order valence-corrected chi connectivity index (χ0v) is 11.8. The number of furan rings is 1. The van der Waals surface area contributed by atoms with Crippen molar-refractivity contribution in [3.05, 3.63) is 54.0 Å². The lowest BCUT2D eigenvalue weighted by Crippen LogP contribution is -2.22. The van der Waals surface area contributed by atoms with Gasteiger partial charge in [0.05, 0.1) is 12.5 Å². The van der Waals surface area contributed by atoms with Crippen LogP contribution in [-0.2, 0) is 0 Å². The van der Waals surface area contributed by atoms with E-state index in [-0.39, 0.29) is 0 Å². The molecule has 1 aromatic heterocycles. The summed E-state index contributed by atoms with van der Waals surface area (Å²) in [6.07, 6.45) is 5.60. The number of hydrogen-bond donors (Lipinski definition) is 1. The summed E-state index contributed by atoms with van der Waals surface area (Å²) in [6.45, 7) is 4.34. The molecule has 0 amide bonds. The second-order valence-electron chi connectivity index (χ2n) is 4.44. The third-order valence-electron chi connectivity index (χ3n) is 3.16. The van der Waals surface area contributed by atoms with Gasteiger partial charge in [-0.15, -0.1) is 11.8 Å². The van der Waals surface area contributed by atoms with Crippen LogP contribution in [-0.4, -0.2) is 6.26 Å². The van der Waals surface area contributed by atoms with Crippen molar-refractivity contribution in [1.29, 1.82) is 0 Å². The van der Waals surface area contributed by atoms with Gasteiger partial charge in [-0.2, -0.15) is 0 Å². The number of benzene rings is 1. The molecule has 2 unspecified atom stereocenters. The average molecular weight is 261 g/mol. The Labute approximate surface area is 113 Å². The largest absolute Gasteiger partial charge is 0.472 e. The van der Waals surface area contributed by atoms with Gasteiger partial charge in [0.1, 0.15) is 0 Å². The normalized spacial score (nSPS) is 14.4. The molecule has 0 radical (unpaired) electrons. The van der Waals surface area contributed by atoms with Gasteiger partial charge >= 0.3 is 0 Å². The first-order valence-corrected chi connectivity index (χ1v) is 7.35. The molecule has 2 aromatic rings. The topological polar surface area (TPSA) is 25.2 Å². The minimum absolute atomic E-state index is 0.291. The summed E-state index contributed by atoms with van der Waals surface area (Å²) in [5, 5.41) is 3.57. The van der Waals surface area contributed by atoms with Gasteiger partial charge in [-0.25, -0.2) is 0 Å². The second kappa shape index (κ2) is 6.12. The highest BCUT2D eigenvalue weighted by Gasteiger charge is 2.11. The Balaban J connectivity index is 2.00. The summed E-state index contributed by atoms with van der Waals surface area (Å²) in [7, 11) is 0. The van der Waals surface area contributed by atoms with Crippen molar-refractivity contribution in [2.75, 3.05) is 6.26 Å².